The summed E-state index contributed by atoms with van der Waals surface area (Å²) in [5.74, 6) is -3.63. The van der Waals surface area contributed by atoms with Gasteiger partial charge in [-0.05, 0) is 31.5 Å². The SMILES string of the molecule is CC(NC(=O)C(CS)NC(=O)C(Cc1ccc(O)cc1)NC(=O)C(N)C(C)O)C(=O)O. The number of hydrogen-bond acceptors (Lipinski definition) is 8. The Labute approximate surface area is 184 Å². The average Bonchev–Trinajstić information content (AvgIpc) is 2.71. The van der Waals surface area contributed by atoms with Gasteiger partial charge in [0, 0.05) is 12.2 Å². The molecule has 0 heterocycles. The number of hydrogen-bond donors (Lipinski definition) is 8. The first-order valence-corrected chi connectivity index (χ1v) is 10.1. The first kappa shape index (κ1) is 26.2. The summed E-state index contributed by atoms with van der Waals surface area (Å²) in [6.45, 7) is 2.59. The van der Waals surface area contributed by atoms with Crippen LogP contribution >= 0.6 is 12.6 Å². The average molecular weight is 457 g/mol. The van der Waals surface area contributed by atoms with E-state index in [4.69, 9.17) is 10.8 Å². The lowest BCUT2D eigenvalue weighted by Crippen LogP contribution is -2.58. The number of nitrogens with two attached hydrogens (primary N) is 1. The highest BCUT2D eigenvalue weighted by molar-refractivity contribution is 7.80. The zero-order valence-electron chi connectivity index (χ0n) is 17.1. The van der Waals surface area contributed by atoms with Crippen LogP contribution in [0, 0.1) is 0 Å². The van der Waals surface area contributed by atoms with Crippen LogP contribution in [0.25, 0.3) is 0 Å². The molecule has 0 aliphatic carbocycles. The summed E-state index contributed by atoms with van der Waals surface area (Å²) < 4.78 is 0. The molecule has 0 spiro atoms. The van der Waals surface area contributed by atoms with Crippen molar-refractivity contribution in [3.8, 4) is 5.75 Å². The number of phenols is 1. The molecule has 172 valence electrons. The molecule has 8 N–H and O–H groups in total. The number of thiol groups is 1. The Morgan fingerprint density at radius 2 is 1.48 bits per heavy atom. The number of carbonyl (C=O) groups is 4. The molecule has 0 saturated heterocycles. The third-order valence-corrected chi connectivity index (χ3v) is 4.74. The van der Waals surface area contributed by atoms with E-state index in [1.807, 2.05) is 0 Å². The van der Waals surface area contributed by atoms with E-state index < -0.39 is 54.0 Å². The molecule has 5 unspecified atom stereocenters. The van der Waals surface area contributed by atoms with Gasteiger partial charge in [0.2, 0.25) is 17.7 Å². The fraction of sp³-hybridized carbons (Fsp3) is 0.474. The van der Waals surface area contributed by atoms with E-state index >= 15 is 0 Å². The van der Waals surface area contributed by atoms with Gasteiger partial charge in [-0.2, -0.15) is 12.6 Å². The number of aliphatic carboxylic acids is 1. The minimum Gasteiger partial charge on any atom is -0.508 e. The molecular weight excluding hydrogens is 428 g/mol. The highest BCUT2D eigenvalue weighted by Gasteiger charge is 2.29. The standard InChI is InChI=1S/C19H28N4O7S/c1-9(19(29)30)21-17(27)14(8-31)23-16(26)13(22-18(28)15(20)10(2)24)7-11-3-5-12(25)6-4-11/h3-6,9-10,13-15,24-25,31H,7-8,20H2,1-2H3,(H,21,27)(H,22,28)(H,23,26)(H,29,30). The lowest BCUT2D eigenvalue weighted by molar-refractivity contribution is -0.141. The summed E-state index contributed by atoms with van der Waals surface area (Å²) in [5.41, 5.74) is 6.21. The smallest absolute Gasteiger partial charge is 0.325 e. The number of nitrogens with one attached hydrogen (secondary N) is 3. The zero-order chi connectivity index (χ0) is 23.7. The van der Waals surface area contributed by atoms with E-state index in [9.17, 15) is 29.4 Å². The Kier molecular flexibility index (Phi) is 10.3. The summed E-state index contributed by atoms with van der Waals surface area (Å²) in [4.78, 5) is 48.3. The molecule has 0 saturated carbocycles. The Morgan fingerprint density at radius 1 is 0.968 bits per heavy atom. The normalized spacial score (nSPS) is 15.6. The van der Waals surface area contributed by atoms with E-state index in [1.165, 1.54) is 26.0 Å². The van der Waals surface area contributed by atoms with Crippen molar-refractivity contribution in [3.63, 3.8) is 0 Å². The van der Waals surface area contributed by atoms with E-state index in [1.54, 1.807) is 12.1 Å². The van der Waals surface area contributed by atoms with Crippen molar-refractivity contribution in [2.45, 2.75) is 50.5 Å². The van der Waals surface area contributed by atoms with Crippen molar-refractivity contribution in [1.29, 1.82) is 0 Å². The Bertz CT molecular complexity index is 788. The number of aromatic hydroxyl groups is 1. The molecule has 3 amide bonds. The van der Waals surface area contributed by atoms with Gasteiger partial charge in [0.25, 0.3) is 0 Å². The van der Waals surface area contributed by atoms with Gasteiger partial charge >= 0.3 is 5.97 Å². The molecule has 1 aromatic carbocycles. The fourth-order valence-corrected chi connectivity index (χ4v) is 2.66. The van der Waals surface area contributed by atoms with Crippen LogP contribution in [0.1, 0.15) is 19.4 Å². The summed E-state index contributed by atoms with van der Waals surface area (Å²) in [5, 5.41) is 35.0. The molecule has 1 rings (SSSR count). The molecule has 5 atom stereocenters. The predicted octanol–water partition coefficient (Wildman–Crippen LogP) is -1.87. The lowest BCUT2D eigenvalue weighted by atomic mass is 10.0. The van der Waals surface area contributed by atoms with Gasteiger partial charge in [0.1, 0.15) is 29.9 Å². The van der Waals surface area contributed by atoms with Gasteiger partial charge in [-0.3, -0.25) is 19.2 Å². The lowest BCUT2D eigenvalue weighted by Gasteiger charge is -2.24. The Morgan fingerprint density at radius 3 is 1.97 bits per heavy atom. The van der Waals surface area contributed by atoms with E-state index in [0.29, 0.717) is 5.56 Å². The minimum atomic E-state index is -1.28. The molecule has 31 heavy (non-hydrogen) atoms. The monoisotopic (exact) mass is 456 g/mol. The first-order chi connectivity index (χ1) is 14.5. The highest BCUT2D eigenvalue weighted by atomic mass is 32.1. The summed E-state index contributed by atoms with van der Waals surface area (Å²) in [7, 11) is 0. The van der Waals surface area contributed by atoms with E-state index in [-0.39, 0.29) is 17.9 Å². The van der Waals surface area contributed by atoms with Crippen LogP contribution in [-0.4, -0.2) is 75.0 Å². The number of benzene rings is 1. The topological polar surface area (TPSA) is 191 Å². The van der Waals surface area contributed by atoms with Crippen LogP contribution in [0.2, 0.25) is 0 Å². The molecule has 0 aromatic heterocycles. The zero-order valence-corrected chi connectivity index (χ0v) is 18.0. The van der Waals surface area contributed by atoms with Crippen LogP contribution in [0.15, 0.2) is 24.3 Å². The Balaban J connectivity index is 2.99. The fourth-order valence-electron chi connectivity index (χ4n) is 2.41. The second-order valence-corrected chi connectivity index (χ2v) is 7.38. The van der Waals surface area contributed by atoms with Gasteiger partial charge in [-0.25, -0.2) is 0 Å². The summed E-state index contributed by atoms with van der Waals surface area (Å²) in [6, 6.07) is 1.12. The van der Waals surface area contributed by atoms with Gasteiger partial charge < -0.3 is 37.0 Å². The molecule has 0 radical (unpaired) electrons. The maximum atomic E-state index is 12.8. The maximum absolute atomic E-state index is 12.8. The number of carboxylic acids is 1. The molecule has 0 fully saturated rings. The number of aliphatic hydroxyl groups excluding tert-OH is 1. The molecule has 0 bridgehead atoms. The van der Waals surface area contributed by atoms with Crippen molar-refractivity contribution in [2.24, 2.45) is 5.73 Å². The number of amides is 3. The number of carbonyl (C=O) groups excluding carboxylic acids is 3. The molecule has 1 aromatic rings. The van der Waals surface area contributed by atoms with Crippen LogP contribution in [0.3, 0.4) is 0 Å². The van der Waals surface area contributed by atoms with Crippen LogP contribution in [-0.2, 0) is 25.6 Å². The summed E-state index contributed by atoms with van der Waals surface area (Å²) >= 11 is 4.02. The van der Waals surface area contributed by atoms with Gasteiger partial charge in [-0.15, -0.1) is 0 Å². The maximum Gasteiger partial charge on any atom is 0.325 e. The summed E-state index contributed by atoms with van der Waals surface area (Å²) in [6.07, 6.45) is -1.16. The molecule has 11 nitrogen and oxygen atoms in total. The number of carboxylic acid groups (broad SMARTS) is 1. The van der Waals surface area contributed by atoms with Crippen molar-refractivity contribution in [3.05, 3.63) is 29.8 Å². The van der Waals surface area contributed by atoms with Crippen molar-refractivity contribution in [2.75, 3.05) is 5.75 Å². The van der Waals surface area contributed by atoms with Crippen LogP contribution in [0.5, 0.6) is 5.75 Å². The third kappa shape index (κ3) is 8.44. The number of aliphatic hydroxyl groups is 1. The van der Waals surface area contributed by atoms with Gasteiger partial charge in [-0.1, -0.05) is 12.1 Å². The van der Waals surface area contributed by atoms with Crippen molar-refractivity contribution in [1.82, 2.24) is 16.0 Å². The minimum absolute atomic E-state index is 0.00315. The largest absolute Gasteiger partial charge is 0.508 e. The second kappa shape index (κ2) is 12.1. The quantitative estimate of drug-likeness (QED) is 0.178. The molecule has 0 aliphatic rings. The predicted molar refractivity (Wildman–Crippen MR) is 114 cm³/mol. The number of phenolic OH excluding ortho intramolecular Hbond substituents is 1. The Hall–Kier alpha value is -2.83. The second-order valence-electron chi connectivity index (χ2n) is 7.01. The van der Waals surface area contributed by atoms with Crippen molar-refractivity contribution < 1.29 is 34.5 Å². The van der Waals surface area contributed by atoms with Gasteiger partial charge in [0.15, 0.2) is 0 Å². The molecular formula is C19H28N4O7S. The van der Waals surface area contributed by atoms with Crippen molar-refractivity contribution >= 4 is 36.3 Å². The van der Waals surface area contributed by atoms with E-state index in [0.717, 1.165) is 0 Å². The van der Waals surface area contributed by atoms with E-state index in [2.05, 4.69) is 28.6 Å². The third-order valence-electron chi connectivity index (χ3n) is 4.38. The van der Waals surface area contributed by atoms with Crippen LogP contribution < -0.4 is 21.7 Å². The van der Waals surface area contributed by atoms with Gasteiger partial charge in [0.05, 0.1) is 6.10 Å². The molecule has 0 aliphatic heterocycles. The highest BCUT2D eigenvalue weighted by Crippen LogP contribution is 2.12. The first-order valence-electron chi connectivity index (χ1n) is 9.42. The molecule has 12 heteroatoms. The van der Waals surface area contributed by atoms with Crippen LogP contribution in [0.4, 0.5) is 0 Å². The number of rotatable bonds is 11.